The summed E-state index contributed by atoms with van der Waals surface area (Å²) in [6.07, 6.45) is 1.38. The van der Waals surface area contributed by atoms with Crippen LogP contribution < -0.4 is 0 Å². The number of hydrogen-bond donors (Lipinski definition) is 0. The molecule has 0 bridgehead atoms. The van der Waals surface area contributed by atoms with Gasteiger partial charge in [0, 0.05) is 13.0 Å². The third kappa shape index (κ3) is 2.63. The van der Waals surface area contributed by atoms with Crippen LogP contribution in [0, 0.1) is 15.9 Å². The van der Waals surface area contributed by atoms with Crippen LogP contribution in [0.1, 0.15) is 12.5 Å². The summed E-state index contributed by atoms with van der Waals surface area (Å²) in [5.74, 6) is -0.388. The highest BCUT2D eigenvalue weighted by Gasteiger charge is 2.03. The van der Waals surface area contributed by atoms with E-state index in [1.165, 1.54) is 31.2 Å². The molecule has 1 aromatic rings. The Hall–Kier alpha value is -1.23. The van der Waals surface area contributed by atoms with E-state index in [-0.39, 0.29) is 11.5 Å². The molecule has 14 heavy (non-hydrogen) atoms. The summed E-state index contributed by atoms with van der Waals surface area (Å²) >= 11 is 3.00. The smallest absolute Gasteiger partial charge is 0.243 e. The Morgan fingerprint density at radius 1 is 1.64 bits per heavy atom. The molecule has 1 rings (SSSR count). The van der Waals surface area contributed by atoms with Gasteiger partial charge in [0.1, 0.15) is 5.82 Å². The van der Waals surface area contributed by atoms with Gasteiger partial charge in [-0.25, -0.2) is 4.39 Å². The standard InChI is InChI=1S/C9H7BrFNO2/c1-6(12(13)14)4-7-2-3-9(11)8(10)5-7/h2-5H,1H3/b6-4-. The number of nitrogens with zero attached hydrogens (tertiary/aromatic N) is 1. The maximum Gasteiger partial charge on any atom is 0.243 e. The summed E-state index contributed by atoms with van der Waals surface area (Å²) in [5.41, 5.74) is 0.607. The Balaban J connectivity index is 3.04. The Labute approximate surface area is 88.5 Å². The van der Waals surface area contributed by atoms with E-state index in [2.05, 4.69) is 15.9 Å². The van der Waals surface area contributed by atoms with E-state index < -0.39 is 4.92 Å². The van der Waals surface area contributed by atoms with Gasteiger partial charge in [0.05, 0.1) is 9.40 Å². The van der Waals surface area contributed by atoms with Gasteiger partial charge in [-0.15, -0.1) is 0 Å². The second-order valence-corrected chi connectivity index (χ2v) is 3.57. The van der Waals surface area contributed by atoms with Crippen LogP contribution in [-0.2, 0) is 0 Å². The molecule has 0 aromatic heterocycles. The second-order valence-electron chi connectivity index (χ2n) is 2.72. The average Bonchev–Trinajstić information content (AvgIpc) is 2.11. The van der Waals surface area contributed by atoms with E-state index in [9.17, 15) is 14.5 Å². The summed E-state index contributed by atoms with van der Waals surface area (Å²) in [4.78, 5) is 9.82. The van der Waals surface area contributed by atoms with E-state index >= 15 is 0 Å². The second kappa shape index (κ2) is 4.32. The molecule has 0 N–H and O–H groups in total. The molecule has 0 atom stereocenters. The molecule has 0 spiro atoms. The van der Waals surface area contributed by atoms with Crippen molar-refractivity contribution in [3.63, 3.8) is 0 Å². The molecule has 0 radical (unpaired) electrons. The van der Waals surface area contributed by atoms with Crippen LogP contribution in [0.15, 0.2) is 28.4 Å². The van der Waals surface area contributed by atoms with Crippen LogP contribution >= 0.6 is 15.9 Å². The Kier molecular flexibility index (Phi) is 3.35. The third-order valence-electron chi connectivity index (χ3n) is 1.61. The molecule has 74 valence electrons. The number of hydrogen-bond acceptors (Lipinski definition) is 2. The fraction of sp³-hybridized carbons (Fsp3) is 0.111. The Morgan fingerprint density at radius 3 is 2.79 bits per heavy atom. The van der Waals surface area contributed by atoms with Gasteiger partial charge in [-0.05, 0) is 33.6 Å². The molecule has 0 amide bonds. The molecule has 0 saturated carbocycles. The SMILES string of the molecule is C/C(=C/c1ccc(F)c(Br)c1)[N+](=O)[O-]. The van der Waals surface area contributed by atoms with Crippen molar-refractivity contribution in [2.45, 2.75) is 6.92 Å². The van der Waals surface area contributed by atoms with Gasteiger partial charge in [-0.2, -0.15) is 0 Å². The van der Waals surface area contributed by atoms with E-state index in [4.69, 9.17) is 0 Å². The average molecular weight is 260 g/mol. The molecule has 0 aliphatic heterocycles. The summed E-state index contributed by atoms with van der Waals surface area (Å²) in [7, 11) is 0. The first-order valence-corrected chi connectivity index (χ1v) is 4.58. The largest absolute Gasteiger partial charge is 0.259 e. The van der Waals surface area contributed by atoms with Crippen LogP contribution in [0.4, 0.5) is 4.39 Å². The fourth-order valence-electron chi connectivity index (χ4n) is 0.896. The van der Waals surface area contributed by atoms with Crippen molar-refractivity contribution in [3.05, 3.63) is 49.9 Å². The zero-order valence-electron chi connectivity index (χ0n) is 7.33. The topological polar surface area (TPSA) is 43.1 Å². The molecule has 0 heterocycles. The van der Waals surface area contributed by atoms with Crippen molar-refractivity contribution >= 4 is 22.0 Å². The van der Waals surface area contributed by atoms with Gasteiger partial charge in [0.25, 0.3) is 0 Å². The highest BCUT2D eigenvalue weighted by molar-refractivity contribution is 9.10. The monoisotopic (exact) mass is 259 g/mol. The zero-order valence-corrected chi connectivity index (χ0v) is 8.92. The van der Waals surface area contributed by atoms with Crippen LogP contribution in [0.2, 0.25) is 0 Å². The van der Waals surface area contributed by atoms with Gasteiger partial charge in [-0.3, -0.25) is 10.1 Å². The number of rotatable bonds is 2. The number of benzene rings is 1. The molecule has 1 aromatic carbocycles. The zero-order chi connectivity index (χ0) is 10.7. The van der Waals surface area contributed by atoms with E-state index in [0.717, 1.165) is 0 Å². The summed E-state index contributed by atoms with van der Waals surface area (Å²) < 4.78 is 13.1. The first-order chi connectivity index (χ1) is 6.50. The third-order valence-corrected chi connectivity index (χ3v) is 2.21. The van der Waals surface area contributed by atoms with Crippen molar-refractivity contribution in [2.24, 2.45) is 0 Å². The van der Waals surface area contributed by atoms with Crippen molar-refractivity contribution < 1.29 is 9.31 Å². The first-order valence-electron chi connectivity index (χ1n) is 3.78. The van der Waals surface area contributed by atoms with Crippen molar-refractivity contribution in [1.29, 1.82) is 0 Å². The van der Waals surface area contributed by atoms with Gasteiger partial charge < -0.3 is 0 Å². The highest BCUT2D eigenvalue weighted by atomic mass is 79.9. The van der Waals surface area contributed by atoms with E-state index in [1.54, 1.807) is 0 Å². The molecule has 0 unspecified atom stereocenters. The summed E-state index contributed by atoms with van der Waals surface area (Å²) in [6, 6.07) is 4.22. The van der Waals surface area contributed by atoms with Gasteiger partial charge in [0.2, 0.25) is 5.70 Å². The maximum absolute atomic E-state index is 12.8. The molecule has 0 fully saturated rings. The van der Waals surface area contributed by atoms with Crippen molar-refractivity contribution in [3.8, 4) is 0 Å². The molecule has 0 aliphatic carbocycles. The molecular formula is C9H7BrFNO2. The fourth-order valence-corrected chi connectivity index (χ4v) is 1.29. The van der Waals surface area contributed by atoms with Crippen LogP contribution in [0.25, 0.3) is 6.08 Å². The van der Waals surface area contributed by atoms with Crippen molar-refractivity contribution in [1.82, 2.24) is 0 Å². The molecule has 3 nitrogen and oxygen atoms in total. The number of allylic oxidation sites excluding steroid dienone is 1. The molecule has 5 heteroatoms. The number of nitro groups is 1. The Bertz CT molecular complexity index is 404. The van der Waals surface area contributed by atoms with E-state index in [1.807, 2.05) is 0 Å². The lowest BCUT2D eigenvalue weighted by Gasteiger charge is -1.96. The predicted octanol–water partition coefficient (Wildman–Crippen LogP) is 3.23. The minimum absolute atomic E-state index is 0.0171. The van der Waals surface area contributed by atoms with Gasteiger partial charge in [-0.1, -0.05) is 6.07 Å². The van der Waals surface area contributed by atoms with Crippen LogP contribution in [0.3, 0.4) is 0 Å². The summed E-state index contributed by atoms with van der Waals surface area (Å²) in [6.45, 7) is 1.39. The van der Waals surface area contributed by atoms with E-state index in [0.29, 0.717) is 10.0 Å². The molecule has 0 saturated heterocycles. The number of halogens is 2. The van der Waals surface area contributed by atoms with Crippen LogP contribution in [-0.4, -0.2) is 4.92 Å². The first kappa shape index (κ1) is 10.8. The molecule has 0 aliphatic rings. The van der Waals surface area contributed by atoms with Crippen LogP contribution in [0.5, 0.6) is 0 Å². The minimum atomic E-state index is -0.489. The maximum atomic E-state index is 12.8. The lowest BCUT2D eigenvalue weighted by atomic mass is 10.2. The lowest BCUT2D eigenvalue weighted by molar-refractivity contribution is -0.422. The Morgan fingerprint density at radius 2 is 2.29 bits per heavy atom. The minimum Gasteiger partial charge on any atom is -0.259 e. The highest BCUT2D eigenvalue weighted by Crippen LogP contribution is 2.18. The van der Waals surface area contributed by atoms with Gasteiger partial charge in [0.15, 0.2) is 0 Å². The predicted molar refractivity (Wildman–Crippen MR) is 54.7 cm³/mol. The summed E-state index contributed by atoms with van der Waals surface area (Å²) in [5, 5.41) is 10.3. The lowest BCUT2D eigenvalue weighted by Crippen LogP contribution is -1.93. The van der Waals surface area contributed by atoms with Crippen molar-refractivity contribution in [2.75, 3.05) is 0 Å². The molecular weight excluding hydrogens is 253 g/mol. The van der Waals surface area contributed by atoms with Gasteiger partial charge >= 0.3 is 0 Å². The quantitative estimate of drug-likeness (QED) is 0.605. The normalized spacial score (nSPS) is 11.5.